The van der Waals surface area contributed by atoms with Crippen LogP contribution in [0.1, 0.15) is 99.9 Å². The number of nitrogens with zero attached hydrogens (tertiary/aromatic N) is 1. The third-order valence-electron chi connectivity index (χ3n) is 8.10. The van der Waals surface area contributed by atoms with Gasteiger partial charge in [-0.15, -0.1) is 0 Å². The Morgan fingerprint density at radius 1 is 0.745 bits per heavy atom. The van der Waals surface area contributed by atoms with E-state index in [2.05, 4.69) is 11.5 Å². The lowest BCUT2D eigenvalue weighted by atomic mass is 10.1. The molecule has 0 amide bonds. The molecule has 252 valence electrons. The Balaban J connectivity index is 1.30. The summed E-state index contributed by atoms with van der Waals surface area (Å²) >= 11 is 0. The van der Waals surface area contributed by atoms with Gasteiger partial charge in [-0.25, -0.2) is 9.36 Å². The minimum atomic E-state index is -4.96. The molecule has 4 rings (SSSR count). The van der Waals surface area contributed by atoms with Gasteiger partial charge >= 0.3 is 13.8 Å². The van der Waals surface area contributed by atoms with Gasteiger partial charge in [0.25, 0.3) is 0 Å². The molecule has 4 aromatic rings. The summed E-state index contributed by atoms with van der Waals surface area (Å²) in [4.78, 5) is 25.8. The number of para-hydroxylation sites is 1. The summed E-state index contributed by atoms with van der Waals surface area (Å²) in [5, 5.41) is 1.10. The topological polar surface area (TPSA) is 98.0 Å². The van der Waals surface area contributed by atoms with Gasteiger partial charge in [-0.3, -0.25) is 0 Å². The van der Waals surface area contributed by atoms with Crippen LogP contribution in [0.3, 0.4) is 0 Å². The second-order valence-electron chi connectivity index (χ2n) is 11.8. The minimum absolute atomic E-state index is 0.0978. The lowest BCUT2D eigenvalue weighted by molar-refractivity contribution is -0.662. The predicted molar refractivity (Wildman–Crippen MR) is 183 cm³/mol. The standard InChI is InChI=1S/C38H48NO7P/c1-3-4-5-6-7-8-9-10-11-12-13-16-28-44-35-25-18-26-36(37(35)38(40)43-2)46-47(41,42)45-33-23-17-20-31(29-33)30-39-27-19-22-32-21-14-15-24-34(32)39/h14-15,17-27,29H,3-13,16,28,30H2,1-2H3. The van der Waals surface area contributed by atoms with Gasteiger partial charge in [-0.2, -0.15) is 4.57 Å². The van der Waals surface area contributed by atoms with Crippen LogP contribution in [0.4, 0.5) is 0 Å². The van der Waals surface area contributed by atoms with E-state index in [-0.39, 0.29) is 22.8 Å². The smallest absolute Gasteiger partial charge is 0.372 e. The average Bonchev–Trinajstić information content (AvgIpc) is 3.06. The van der Waals surface area contributed by atoms with Crippen molar-refractivity contribution in [2.75, 3.05) is 13.7 Å². The Kier molecular flexibility index (Phi) is 14.6. The van der Waals surface area contributed by atoms with Crippen molar-refractivity contribution >= 4 is 24.7 Å². The van der Waals surface area contributed by atoms with Gasteiger partial charge in [-0.1, -0.05) is 108 Å². The third-order valence-corrected chi connectivity index (χ3v) is 8.95. The van der Waals surface area contributed by atoms with Crippen molar-refractivity contribution in [3.63, 3.8) is 0 Å². The zero-order valence-corrected chi connectivity index (χ0v) is 28.6. The fourth-order valence-electron chi connectivity index (χ4n) is 5.66. The zero-order chi connectivity index (χ0) is 33.3. The molecule has 1 unspecified atom stereocenters. The predicted octanol–water partition coefficient (Wildman–Crippen LogP) is 8.97. The van der Waals surface area contributed by atoms with Crippen molar-refractivity contribution in [1.29, 1.82) is 0 Å². The van der Waals surface area contributed by atoms with E-state index < -0.39 is 13.8 Å². The number of methoxy groups -OCH3 is 1. The van der Waals surface area contributed by atoms with Gasteiger partial charge in [0.15, 0.2) is 12.7 Å². The van der Waals surface area contributed by atoms with E-state index >= 15 is 0 Å². The molecule has 0 N–H and O–H groups in total. The molecule has 8 nitrogen and oxygen atoms in total. The molecule has 0 aliphatic heterocycles. The molecule has 9 heteroatoms. The van der Waals surface area contributed by atoms with Crippen molar-refractivity contribution in [3.8, 4) is 17.2 Å². The van der Waals surface area contributed by atoms with Crippen LogP contribution in [0.25, 0.3) is 10.9 Å². The molecule has 0 spiro atoms. The van der Waals surface area contributed by atoms with Gasteiger partial charge in [0.2, 0.25) is 5.52 Å². The van der Waals surface area contributed by atoms with Crippen molar-refractivity contribution in [3.05, 3.63) is 96.2 Å². The number of carbonyl (C=O) groups excluding carboxylic acids is 1. The Hall–Kier alpha value is -3.87. The van der Waals surface area contributed by atoms with E-state index in [0.717, 1.165) is 35.7 Å². The number of fused-ring (bicyclic) bond motifs is 1. The van der Waals surface area contributed by atoms with Crippen molar-refractivity contribution in [2.45, 2.75) is 90.5 Å². The summed E-state index contributed by atoms with van der Waals surface area (Å²) in [6.07, 6.45) is 16.7. The number of unbranched alkanes of at least 4 members (excludes halogenated alkanes) is 11. The van der Waals surface area contributed by atoms with Crippen LogP contribution in [0.2, 0.25) is 0 Å². The first kappa shape index (κ1) is 36.0. The molecule has 0 fully saturated rings. The molecule has 3 aromatic carbocycles. The van der Waals surface area contributed by atoms with Gasteiger partial charge in [0.1, 0.15) is 22.8 Å². The second kappa shape index (κ2) is 19.1. The van der Waals surface area contributed by atoms with Crippen molar-refractivity contribution in [2.24, 2.45) is 0 Å². The highest BCUT2D eigenvalue weighted by molar-refractivity contribution is 7.46. The number of hydrogen-bond donors (Lipinski definition) is 0. The number of phosphoric ester groups is 1. The Bertz CT molecular complexity index is 1600. The highest BCUT2D eigenvalue weighted by atomic mass is 31.2. The molecule has 0 aliphatic rings. The van der Waals surface area contributed by atoms with E-state index in [1.54, 1.807) is 30.3 Å². The fourth-order valence-corrected chi connectivity index (χ4v) is 6.46. The highest BCUT2D eigenvalue weighted by Gasteiger charge is 2.24. The molecular weight excluding hydrogens is 613 g/mol. The van der Waals surface area contributed by atoms with E-state index in [0.29, 0.717) is 13.2 Å². The first-order chi connectivity index (χ1) is 22.9. The van der Waals surface area contributed by atoms with Gasteiger partial charge < -0.3 is 23.4 Å². The molecule has 47 heavy (non-hydrogen) atoms. The SMILES string of the molecule is CCCCCCCCCCCCCCOc1cccc(OP(=O)([O-])Oc2cccc(C[n+]3cccc4ccccc43)c2)c1C(=O)OC. The molecule has 0 saturated heterocycles. The van der Waals surface area contributed by atoms with Gasteiger partial charge in [0.05, 0.1) is 13.7 Å². The Labute approximate surface area is 279 Å². The first-order valence-electron chi connectivity index (χ1n) is 16.9. The van der Waals surface area contributed by atoms with Crippen LogP contribution in [-0.4, -0.2) is 19.7 Å². The zero-order valence-electron chi connectivity index (χ0n) is 27.7. The highest BCUT2D eigenvalue weighted by Crippen LogP contribution is 2.43. The summed E-state index contributed by atoms with van der Waals surface area (Å²) in [5.74, 6) is -0.684. The number of phosphoric acid groups is 1. The van der Waals surface area contributed by atoms with E-state index in [4.69, 9.17) is 18.5 Å². The summed E-state index contributed by atoms with van der Waals surface area (Å²) in [6, 6.07) is 23.4. The number of ether oxygens (including phenoxy) is 2. The van der Waals surface area contributed by atoms with Crippen LogP contribution in [0.15, 0.2) is 85.1 Å². The van der Waals surface area contributed by atoms with Crippen LogP contribution in [0, 0.1) is 0 Å². The molecule has 0 aliphatic carbocycles. The molecule has 1 atom stereocenters. The maximum absolute atomic E-state index is 13.1. The molecule has 0 saturated carbocycles. The number of hydrogen-bond acceptors (Lipinski definition) is 7. The number of esters is 1. The quantitative estimate of drug-likeness (QED) is 0.0381. The van der Waals surface area contributed by atoms with Crippen LogP contribution < -0.4 is 23.2 Å². The van der Waals surface area contributed by atoms with Crippen molar-refractivity contribution < 1.29 is 37.3 Å². The van der Waals surface area contributed by atoms with Gasteiger partial charge in [-0.05, 0) is 42.8 Å². The molecule has 1 heterocycles. The van der Waals surface area contributed by atoms with Crippen LogP contribution in [-0.2, 0) is 15.8 Å². The van der Waals surface area contributed by atoms with E-state index in [1.807, 2.05) is 48.7 Å². The Morgan fingerprint density at radius 3 is 2.11 bits per heavy atom. The van der Waals surface area contributed by atoms with E-state index in [1.165, 1.54) is 71.0 Å². The first-order valence-corrected chi connectivity index (χ1v) is 18.4. The van der Waals surface area contributed by atoms with Gasteiger partial charge in [0, 0.05) is 23.1 Å². The molecular formula is C38H48NO7P. The average molecular weight is 662 g/mol. The number of carbonyl (C=O) groups is 1. The number of aromatic nitrogens is 1. The monoisotopic (exact) mass is 661 g/mol. The number of rotatable bonds is 21. The maximum Gasteiger partial charge on any atom is 0.372 e. The summed E-state index contributed by atoms with van der Waals surface area (Å²) in [6.45, 7) is 3.14. The summed E-state index contributed by atoms with van der Waals surface area (Å²) in [7, 11) is -3.73. The number of benzene rings is 3. The number of pyridine rings is 1. The molecule has 1 aromatic heterocycles. The molecule has 0 bridgehead atoms. The lowest BCUT2D eigenvalue weighted by Gasteiger charge is -2.25. The normalized spacial score (nSPS) is 12.4. The second-order valence-corrected chi connectivity index (χ2v) is 13.1. The summed E-state index contributed by atoms with van der Waals surface area (Å²) in [5.41, 5.74) is 1.79. The van der Waals surface area contributed by atoms with Crippen LogP contribution >= 0.6 is 7.82 Å². The molecule has 0 radical (unpaired) electrons. The lowest BCUT2D eigenvalue weighted by Crippen LogP contribution is -2.34. The minimum Gasteiger partial charge on any atom is -0.736 e. The maximum atomic E-state index is 13.1. The van der Waals surface area contributed by atoms with E-state index in [9.17, 15) is 14.3 Å². The van der Waals surface area contributed by atoms with Crippen LogP contribution in [0.5, 0.6) is 17.2 Å². The Morgan fingerprint density at radius 2 is 1.38 bits per heavy atom. The fraction of sp³-hybridized carbons (Fsp3) is 0.421. The summed E-state index contributed by atoms with van der Waals surface area (Å²) < 4.78 is 36.7. The van der Waals surface area contributed by atoms with Crippen molar-refractivity contribution in [1.82, 2.24) is 0 Å². The largest absolute Gasteiger partial charge is 0.736 e. The third kappa shape index (κ3) is 11.7.